The third-order valence-corrected chi connectivity index (χ3v) is 2.99. The van der Waals surface area contributed by atoms with E-state index in [1.165, 1.54) is 6.26 Å². The van der Waals surface area contributed by atoms with Crippen LogP contribution in [0.25, 0.3) is 0 Å². The number of aromatic amines is 1. The lowest BCUT2D eigenvalue weighted by Gasteiger charge is -2.21. The Labute approximate surface area is 122 Å². The Kier molecular flexibility index (Phi) is 4.76. The fourth-order valence-electron chi connectivity index (χ4n) is 1.83. The van der Waals surface area contributed by atoms with Gasteiger partial charge in [0.1, 0.15) is 6.04 Å². The van der Waals surface area contributed by atoms with Gasteiger partial charge in [0.2, 0.25) is 5.91 Å². The van der Waals surface area contributed by atoms with Crippen molar-refractivity contribution >= 4 is 11.8 Å². The number of aromatic nitrogens is 2. The predicted octanol–water partition coefficient (Wildman–Crippen LogP) is 1.07. The normalized spacial score (nSPS) is 12.1. The maximum atomic E-state index is 12.2. The van der Waals surface area contributed by atoms with Crippen molar-refractivity contribution in [3.8, 4) is 0 Å². The Morgan fingerprint density at radius 3 is 2.76 bits per heavy atom. The Morgan fingerprint density at radius 2 is 2.19 bits per heavy atom. The molecule has 2 aromatic heterocycles. The number of carbonyl (C=O) groups is 2. The lowest BCUT2D eigenvalue weighted by atomic mass is 10.0. The molecule has 0 aliphatic carbocycles. The van der Waals surface area contributed by atoms with E-state index in [0.29, 0.717) is 6.54 Å². The maximum absolute atomic E-state index is 12.2. The van der Waals surface area contributed by atoms with Crippen molar-refractivity contribution in [1.82, 2.24) is 20.8 Å². The molecular formula is C14H18N4O3. The van der Waals surface area contributed by atoms with Gasteiger partial charge >= 0.3 is 0 Å². The van der Waals surface area contributed by atoms with Gasteiger partial charge in [0.15, 0.2) is 5.76 Å². The average Bonchev–Trinajstić information content (AvgIpc) is 3.13. The highest BCUT2D eigenvalue weighted by atomic mass is 16.3. The molecule has 0 aliphatic heterocycles. The van der Waals surface area contributed by atoms with E-state index in [4.69, 9.17) is 4.42 Å². The van der Waals surface area contributed by atoms with E-state index in [9.17, 15) is 9.59 Å². The summed E-state index contributed by atoms with van der Waals surface area (Å²) in [6, 6.07) is 4.31. The minimum Gasteiger partial charge on any atom is -0.459 e. The molecule has 0 bridgehead atoms. The molecule has 21 heavy (non-hydrogen) atoms. The smallest absolute Gasteiger partial charge is 0.287 e. The first kappa shape index (κ1) is 14.8. The Morgan fingerprint density at radius 1 is 1.38 bits per heavy atom. The molecular weight excluding hydrogens is 272 g/mol. The first-order valence-electron chi connectivity index (χ1n) is 6.68. The largest absolute Gasteiger partial charge is 0.459 e. The Hall–Kier alpha value is -2.57. The van der Waals surface area contributed by atoms with E-state index in [-0.39, 0.29) is 17.6 Å². The number of carbonyl (C=O) groups excluding carboxylic acids is 2. The van der Waals surface area contributed by atoms with Gasteiger partial charge in [0, 0.05) is 6.20 Å². The average molecular weight is 290 g/mol. The van der Waals surface area contributed by atoms with Crippen molar-refractivity contribution in [2.24, 2.45) is 5.92 Å². The van der Waals surface area contributed by atoms with E-state index in [1.54, 1.807) is 24.4 Å². The van der Waals surface area contributed by atoms with E-state index in [1.807, 2.05) is 13.8 Å². The van der Waals surface area contributed by atoms with Gasteiger partial charge in [0.25, 0.3) is 5.91 Å². The van der Waals surface area contributed by atoms with Crippen molar-refractivity contribution in [2.45, 2.75) is 26.4 Å². The van der Waals surface area contributed by atoms with E-state index in [2.05, 4.69) is 20.8 Å². The molecule has 2 heterocycles. The molecule has 7 nitrogen and oxygen atoms in total. The van der Waals surface area contributed by atoms with Gasteiger partial charge < -0.3 is 15.1 Å². The molecule has 2 amide bonds. The van der Waals surface area contributed by atoms with Crippen molar-refractivity contribution in [3.63, 3.8) is 0 Å². The monoisotopic (exact) mass is 290 g/mol. The highest BCUT2D eigenvalue weighted by Gasteiger charge is 2.25. The van der Waals surface area contributed by atoms with Crippen molar-refractivity contribution in [2.75, 3.05) is 0 Å². The zero-order chi connectivity index (χ0) is 15.2. The van der Waals surface area contributed by atoms with Crippen LogP contribution in [-0.2, 0) is 11.3 Å². The lowest BCUT2D eigenvalue weighted by molar-refractivity contribution is -0.124. The molecule has 1 atom stereocenters. The summed E-state index contributed by atoms with van der Waals surface area (Å²) in [7, 11) is 0. The summed E-state index contributed by atoms with van der Waals surface area (Å²) >= 11 is 0. The number of rotatable bonds is 6. The van der Waals surface area contributed by atoms with Crippen LogP contribution in [0.15, 0.2) is 35.1 Å². The second-order valence-corrected chi connectivity index (χ2v) is 4.97. The summed E-state index contributed by atoms with van der Waals surface area (Å²) < 4.78 is 5.02. The second kappa shape index (κ2) is 6.74. The molecule has 0 aromatic carbocycles. The molecule has 0 aliphatic rings. The van der Waals surface area contributed by atoms with Crippen LogP contribution >= 0.6 is 0 Å². The molecule has 0 saturated heterocycles. The van der Waals surface area contributed by atoms with E-state index >= 15 is 0 Å². The van der Waals surface area contributed by atoms with Crippen molar-refractivity contribution < 1.29 is 14.0 Å². The number of H-pyrrole nitrogens is 1. The Bertz CT molecular complexity index is 575. The number of nitrogens with zero attached hydrogens (tertiary/aromatic N) is 1. The van der Waals surface area contributed by atoms with Crippen LogP contribution in [0.1, 0.15) is 30.1 Å². The zero-order valence-corrected chi connectivity index (χ0v) is 11.9. The van der Waals surface area contributed by atoms with E-state index < -0.39 is 11.9 Å². The summed E-state index contributed by atoms with van der Waals surface area (Å²) in [5.41, 5.74) is 0.795. The summed E-state index contributed by atoms with van der Waals surface area (Å²) in [6.07, 6.45) is 3.03. The second-order valence-electron chi connectivity index (χ2n) is 4.97. The SMILES string of the molecule is CC(C)[C@H](NC(=O)c1ccco1)C(=O)NCc1ccn[nH]1. The van der Waals surface area contributed by atoms with Gasteiger partial charge in [-0.05, 0) is 24.1 Å². The molecule has 7 heteroatoms. The molecule has 0 fully saturated rings. The van der Waals surface area contributed by atoms with Gasteiger partial charge in [-0.3, -0.25) is 14.7 Å². The van der Waals surface area contributed by atoms with Gasteiger partial charge in [-0.25, -0.2) is 0 Å². The topological polar surface area (TPSA) is 100 Å². The number of amides is 2. The summed E-state index contributed by atoms with van der Waals surface area (Å²) in [6.45, 7) is 4.06. The van der Waals surface area contributed by atoms with Crippen LogP contribution < -0.4 is 10.6 Å². The molecule has 112 valence electrons. The fourth-order valence-corrected chi connectivity index (χ4v) is 1.83. The minimum atomic E-state index is -0.634. The van der Waals surface area contributed by atoms with Crippen LogP contribution in [0.3, 0.4) is 0 Å². The van der Waals surface area contributed by atoms with Gasteiger partial charge in [-0.2, -0.15) is 5.10 Å². The van der Waals surface area contributed by atoms with Crippen molar-refractivity contribution in [3.05, 3.63) is 42.1 Å². The first-order valence-corrected chi connectivity index (χ1v) is 6.68. The number of nitrogens with one attached hydrogen (secondary N) is 3. The van der Waals surface area contributed by atoms with Crippen LogP contribution in [0, 0.1) is 5.92 Å². The molecule has 3 N–H and O–H groups in total. The zero-order valence-electron chi connectivity index (χ0n) is 11.9. The van der Waals surface area contributed by atoms with Gasteiger partial charge in [-0.1, -0.05) is 13.8 Å². The minimum absolute atomic E-state index is 0.0503. The molecule has 0 saturated carbocycles. The van der Waals surface area contributed by atoms with Crippen LogP contribution in [0.5, 0.6) is 0 Å². The summed E-state index contributed by atoms with van der Waals surface area (Å²) in [5.74, 6) is -0.525. The highest BCUT2D eigenvalue weighted by molar-refractivity contribution is 5.95. The lowest BCUT2D eigenvalue weighted by Crippen LogP contribution is -2.49. The third-order valence-electron chi connectivity index (χ3n) is 2.99. The fraction of sp³-hybridized carbons (Fsp3) is 0.357. The Balaban J connectivity index is 1.94. The summed E-state index contributed by atoms with van der Waals surface area (Å²) in [4.78, 5) is 24.2. The predicted molar refractivity (Wildman–Crippen MR) is 75.2 cm³/mol. The van der Waals surface area contributed by atoms with Crippen LogP contribution in [-0.4, -0.2) is 28.1 Å². The van der Waals surface area contributed by atoms with Gasteiger partial charge in [0.05, 0.1) is 18.5 Å². The molecule has 2 aromatic rings. The molecule has 0 spiro atoms. The highest BCUT2D eigenvalue weighted by Crippen LogP contribution is 2.06. The first-order chi connectivity index (χ1) is 10.1. The van der Waals surface area contributed by atoms with Gasteiger partial charge in [-0.15, -0.1) is 0 Å². The quantitative estimate of drug-likeness (QED) is 0.741. The van der Waals surface area contributed by atoms with Crippen molar-refractivity contribution in [1.29, 1.82) is 0 Å². The van der Waals surface area contributed by atoms with Crippen LogP contribution in [0.4, 0.5) is 0 Å². The number of hydrogen-bond acceptors (Lipinski definition) is 4. The molecule has 0 unspecified atom stereocenters. The van der Waals surface area contributed by atoms with Crippen LogP contribution in [0.2, 0.25) is 0 Å². The third kappa shape index (κ3) is 3.95. The van der Waals surface area contributed by atoms with E-state index in [0.717, 1.165) is 5.69 Å². The molecule has 0 radical (unpaired) electrons. The number of furan rings is 1. The maximum Gasteiger partial charge on any atom is 0.287 e. The number of hydrogen-bond donors (Lipinski definition) is 3. The molecule has 2 rings (SSSR count). The standard InChI is InChI=1S/C14H18N4O3/c1-9(2)12(17-13(19)11-4-3-7-21-11)14(20)15-8-10-5-6-16-18-10/h3-7,9,12H,8H2,1-2H3,(H,15,20)(H,16,18)(H,17,19)/t12-/m0/s1. The summed E-state index contributed by atoms with van der Waals surface area (Å²) in [5, 5.41) is 12.0.